The van der Waals surface area contributed by atoms with Gasteiger partial charge in [0, 0.05) is 0 Å². The monoisotopic (exact) mass is 299 g/mol. The van der Waals surface area contributed by atoms with Crippen LogP contribution in [0.5, 0.6) is 0 Å². The molecule has 2 rings (SSSR count). The van der Waals surface area contributed by atoms with Crippen LogP contribution in [0.4, 0.5) is 0 Å². The average molecular weight is 299 g/mol. The second-order valence-corrected chi connectivity index (χ2v) is 3.22. The van der Waals surface area contributed by atoms with Gasteiger partial charge in [-0.15, -0.1) is 24.0 Å². The Labute approximate surface area is 101 Å². The summed E-state index contributed by atoms with van der Waals surface area (Å²) in [7, 11) is 0. The number of hydrogen-bond acceptors (Lipinski definition) is 1. The van der Waals surface area contributed by atoms with Gasteiger partial charge in [0.05, 0.1) is 0 Å². The van der Waals surface area contributed by atoms with Crippen LogP contribution < -0.4 is 5.73 Å². The molecule has 2 aromatic rings. The Morgan fingerprint density at radius 3 is 2.36 bits per heavy atom. The summed E-state index contributed by atoms with van der Waals surface area (Å²) < 4.78 is 0. The first-order valence-corrected chi connectivity index (χ1v) is 4.58. The third-order valence-electron chi connectivity index (χ3n) is 2.25. The van der Waals surface area contributed by atoms with Gasteiger partial charge in [-0.25, -0.2) is 0 Å². The highest BCUT2D eigenvalue weighted by atomic mass is 127. The van der Waals surface area contributed by atoms with Crippen LogP contribution in [0, 0.1) is 0 Å². The lowest BCUT2D eigenvalue weighted by molar-refractivity contribution is 0.971. The lowest BCUT2D eigenvalue weighted by Crippen LogP contribution is -2.02. The van der Waals surface area contributed by atoms with Gasteiger partial charge in [0.25, 0.3) is 0 Å². The molecule has 0 amide bonds. The fourth-order valence-electron chi connectivity index (χ4n) is 1.56. The highest BCUT2D eigenvalue weighted by Gasteiger charge is 1.94. The van der Waals surface area contributed by atoms with Gasteiger partial charge in [0.15, 0.2) is 0 Å². The molecule has 2 N–H and O–H groups in total. The van der Waals surface area contributed by atoms with Crippen molar-refractivity contribution in [2.75, 3.05) is 6.54 Å². The van der Waals surface area contributed by atoms with Gasteiger partial charge in [-0.2, -0.15) is 0 Å². The normalized spacial score (nSPS) is 9.79. The minimum absolute atomic E-state index is 0. The van der Waals surface area contributed by atoms with E-state index in [9.17, 15) is 0 Å². The van der Waals surface area contributed by atoms with Crippen LogP contribution in [0.1, 0.15) is 5.56 Å². The van der Waals surface area contributed by atoms with E-state index in [1.54, 1.807) is 0 Å². The van der Waals surface area contributed by atoms with Crippen molar-refractivity contribution in [2.45, 2.75) is 6.42 Å². The van der Waals surface area contributed by atoms with E-state index in [1.165, 1.54) is 16.3 Å². The Balaban J connectivity index is 0.000000980. The molecule has 0 saturated carbocycles. The molecule has 0 fully saturated rings. The molecule has 74 valence electrons. The van der Waals surface area contributed by atoms with Crippen molar-refractivity contribution in [1.29, 1.82) is 0 Å². The first-order chi connectivity index (χ1) is 6.40. The van der Waals surface area contributed by atoms with Crippen molar-refractivity contribution in [1.82, 2.24) is 0 Å². The number of hydrogen-bond donors (Lipinski definition) is 1. The SMILES string of the molecule is I.NCCc1ccc2ccccc2c1. The molecule has 0 bridgehead atoms. The van der Waals surface area contributed by atoms with Crippen molar-refractivity contribution >= 4 is 34.7 Å². The van der Waals surface area contributed by atoms with Crippen LogP contribution in [-0.2, 0) is 6.42 Å². The van der Waals surface area contributed by atoms with Crippen LogP contribution in [0.2, 0.25) is 0 Å². The number of halogens is 1. The van der Waals surface area contributed by atoms with E-state index in [1.807, 2.05) is 0 Å². The van der Waals surface area contributed by atoms with E-state index in [0.717, 1.165) is 13.0 Å². The Bertz CT molecular complexity index is 412. The Kier molecular flexibility index (Phi) is 4.35. The average Bonchev–Trinajstić information content (AvgIpc) is 2.18. The lowest BCUT2D eigenvalue weighted by Gasteiger charge is -2.01. The minimum atomic E-state index is 0. The van der Waals surface area contributed by atoms with Gasteiger partial charge >= 0.3 is 0 Å². The second kappa shape index (κ2) is 5.32. The molecule has 0 aliphatic heterocycles. The fourth-order valence-corrected chi connectivity index (χ4v) is 1.56. The highest BCUT2D eigenvalue weighted by molar-refractivity contribution is 14.0. The van der Waals surface area contributed by atoms with Gasteiger partial charge < -0.3 is 5.73 Å². The smallest absolute Gasteiger partial charge is 0.00367 e. The topological polar surface area (TPSA) is 26.0 Å². The predicted molar refractivity (Wildman–Crippen MR) is 72.1 cm³/mol. The minimum Gasteiger partial charge on any atom is -0.330 e. The zero-order chi connectivity index (χ0) is 9.10. The molecule has 0 aromatic heterocycles. The van der Waals surface area contributed by atoms with E-state index >= 15 is 0 Å². The Morgan fingerprint density at radius 2 is 1.64 bits per heavy atom. The molecule has 0 saturated heterocycles. The largest absolute Gasteiger partial charge is 0.330 e. The van der Waals surface area contributed by atoms with Gasteiger partial charge in [0.2, 0.25) is 0 Å². The van der Waals surface area contributed by atoms with E-state index in [0.29, 0.717) is 0 Å². The molecule has 0 unspecified atom stereocenters. The van der Waals surface area contributed by atoms with E-state index < -0.39 is 0 Å². The zero-order valence-corrected chi connectivity index (χ0v) is 10.3. The lowest BCUT2D eigenvalue weighted by atomic mass is 10.1. The summed E-state index contributed by atoms with van der Waals surface area (Å²) in [5.74, 6) is 0. The molecule has 0 radical (unpaired) electrons. The molecule has 1 nitrogen and oxygen atoms in total. The maximum atomic E-state index is 5.50. The first-order valence-electron chi connectivity index (χ1n) is 4.58. The fraction of sp³-hybridized carbons (Fsp3) is 0.167. The number of fused-ring (bicyclic) bond motifs is 1. The van der Waals surface area contributed by atoms with Crippen molar-refractivity contribution in [3.8, 4) is 0 Å². The van der Waals surface area contributed by atoms with Gasteiger partial charge in [-0.05, 0) is 29.3 Å². The Hall–Kier alpha value is -0.610. The van der Waals surface area contributed by atoms with Crippen molar-refractivity contribution < 1.29 is 0 Å². The van der Waals surface area contributed by atoms with Gasteiger partial charge in [-0.1, -0.05) is 42.5 Å². The van der Waals surface area contributed by atoms with E-state index in [-0.39, 0.29) is 24.0 Å². The van der Waals surface area contributed by atoms with E-state index in [2.05, 4.69) is 42.5 Å². The summed E-state index contributed by atoms with van der Waals surface area (Å²) >= 11 is 0. The third kappa shape index (κ3) is 2.45. The number of benzene rings is 2. The summed E-state index contributed by atoms with van der Waals surface area (Å²) in [5, 5.41) is 2.59. The van der Waals surface area contributed by atoms with Crippen LogP contribution in [0.25, 0.3) is 10.8 Å². The molecule has 2 heteroatoms. The van der Waals surface area contributed by atoms with Crippen LogP contribution in [0.3, 0.4) is 0 Å². The predicted octanol–water partition coefficient (Wildman–Crippen LogP) is 2.96. The van der Waals surface area contributed by atoms with Crippen LogP contribution >= 0.6 is 24.0 Å². The van der Waals surface area contributed by atoms with Crippen LogP contribution in [0.15, 0.2) is 42.5 Å². The molecule has 2 aromatic carbocycles. The molecule has 14 heavy (non-hydrogen) atoms. The maximum absolute atomic E-state index is 5.50. The summed E-state index contributed by atoms with van der Waals surface area (Å²) in [6.45, 7) is 0.721. The third-order valence-corrected chi connectivity index (χ3v) is 2.25. The van der Waals surface area contributed by atoms with Crippen molar-refractivity contribution in [2.24, 2.45) is 5.73 Å². The molecule has 0 spiro atoms. The molecule has 0 heterocycles. The summed E-state index contributed by atoms with van der Waals surface area (Å²) in [6.07, 6.45) is 0.963. The summed E-state index contributed by atoms with van der Waals surface area (Å²) in [5.41, 5.74) is 6.83. The summed E-state index contributed by atoms with van der Waals surface area (Å²) in [6, 6.07) is 14.9. The van der Waals surface area contributed by atoms with Crippen molar-refractivity contribution in [3.05, 3.63) is 48.0 Å². The van der Waals surface area contributed by atoms with Gasteiger partial charge in [0.1, 0.15) is 0 Å². The quantitative estimate of drug-likeness (QED) is 0.848. The van der Waals surface area contributed by atoms with Crippen LogP contribution in [-0.4, -0.2) is 6.54 Å². The highest BCUT2D eigenvalue weighted by Crippen LogP contribution is 2.15. The maximum Gasteiger partial charge on any atom is -0.00367 e. The Morgan fingerprint density at radius 1 is 0.929 bits per heavy atom. The van der Waals surface area contributed by atoms with Crippen molar-refractivity contribution in [3.63, 3.8) is 0 Å². The van der Waals surface area contributed by atoms with Gasteiger partial charge in [-0.3, -0.25) is 0 Å². The molecule has 0 aliphatic rings. The summed E-state index contributed by atoms with van der Waals surface area (Å²) in [4.78, 5) is 0. The molecular formula is C12H14IN. The zero-order valence-electron chi connectivity index (χ0n) is 7.94. The molecular weight excluding hydrogens is 285 g/mol. The number of rotatable bonds is 2. The second-order valence-electron chi connectivity index (χ2n) is 3.22. The van der Waals surface area contributed by atoms with E-state index in [4.69, 9.17) is 5.73 Å². The number of nitrogens with two attached hydrogens (primary N) is 1. The first kappa shape index (κ1) is 11.5. The molecule has 0 aliphatic carbocycles. The molecule has 0 atom stereocenters. The standard InChI is InChI=1S/C12H13N.HI/c13-8-7-10-5-6-11-3-1-2-4-12(11)9-10;/h1-6,9H,7-8,13H2;1H.